The summed E-state index contributed by atoms with van der Waals surface area (Å²) in [5.74, 6) is 1.64. The number of nitrogens with one attached hydrogen (secondary N) is 2. The molecule has 0 bridgehead atoms. The summed E-state index contributed by atoms with van der Waals surface area (Å²) in [5, 5.41) is 3.93. The number of hydrogen-bond acceptors (Lipinski definition) is 6. The number of benzene rings is 2. The summed E-state index contributed by atoms with van der Waals surface area (Å²) in [7, 11) is 1.66. The Balaban J connectivity index is 1.21. The molecule has 6 rings (SSSR count). The summed E-state index contributed by atoms with van der Waals surface area (Å²) in [6.45, 7) is 10.8. The van der Waals surface area contributed by atoms with Gasteiger partial charge in [-0.3, -0.25) is 4.79 Å². The topological polar surface area (TPSA) is 102 Å². The summed E-state index contributed by atoms with van der Waals surface area (Å²) < 4.78 is 24.5. The number of carbonyl (C=O) groups is 2. The highest BCUT2D eigenvalue weighted by atomic mass is 16.6. The van der Waals surface area contributed by atoms with Crippen molar-refractivity contribution in [2.75, 3.05) is 20.2 Å². The van der Waals surface area contributed by atoms with Crippen LogP contribution in [0.2, 0.25) is 0 Å². The summed E-state index contributed by atoms with van der Waals surface area (Å²) in [6, 6.07) is 13.2. The zero-order valence-corrected chi connectivity index (χ0v) is 25.9. The third kappa shape index (κ3) is 5.79. The number of H-pyrrole nitrogens is 1. The Morgan fingerprint density at radius 2 is 1.95 bits per heavy atom. The Morgan fingerprint density at radius 3 is 2.72 bits per heavy atom. The number of carbonyl (C=O) groups excluding carboxylic acids is 2. The van der Waals surface area contributed by atoms with E-state index in [1.54, 1.807) is 7.11 Å². The molecule has 9 heteroatoms. The standard InChI is InChI=1S/C34H43N3O6/c1-33(2,3)43-32(39)36-26(17-20-18-35-25-12-8-7-10-22(20)25)31(38)37-15-14-27-21(19-37)16-24-29(41-27)23-11-9-13-28(40-6)30(23)42-34(24,4)5/h7-13,18,21,24,26-27,29,35H,14-17,19H2,1-6H3,(H,36,39)/t21-,24+,26+,27+,29-/m1/s1. The molecule has 0 saturated carbocycles. The molecule has 9 nitrogen and oxygen atoms in total. The van der Waals surface area contributed by atoms with Gasteiger partial charge in [0.05, 0.1) is 19.3 Å². The monoisotopic (exact) mass is 589 g/mol. The lowest BCUT2D eigenvalue weighted by atomic mass is 9.70. The largest absolute Gasteiger partial charge is 0.493 e. The van der Waals surface area contributed by atoms with Gasteiger partial charge in [0.15, 0.2) is 11.5 Å². The average Bonchev–Trinajstić information content (AvgIpc) is 3.36. The SMILES string of the molecule is COc1cccc2c1OC(C)(C)[C@H]1C[C@@H]3CN(C(=O)[C@H](Cc4c[nH]c5ccccc45)NC(=O)OC(C)(C)C)CC[C@@H]3O[C@H]21. The third-order valence-corrected chi connectivity index (χ3v) is 9.10. The molecule has 0 unspecified atom stereocenters. The number of amides is 2. The Morgan fingerprint density at radius 1 is 1.16 bits per heavy atom. The quantitative estimate of drug-likeness (QED) is 0.391. The van der Waals surface area contributed by atoms with Crippen LogP contribution in [-0.2, 0) is 20.7 Å². The van der Waals surface area contributed by atoms with Gasteiger partial charge in [0.1, 0.15) is 17.2 Å². The number of nitrogens with zero attached hydrogens (tertiary/aromatic N) is 1. The summed E-state index contributed by atoms with van der Waals surface area (Å²) >= 11 is 0. The lowest BCUT2D eigenvalue weighted by Gasteiger charge is -2.53. The second kappa shape index (κ2) is 11.1. The van der Waals surface area contributed by atoms with E-state index in [9.17, 15) is 9.59 Å². The van der Waals surface area contributed by atoms with E-state index in [2.05, 4.69) is 30.2 Å². The van der Waals surface area contributed by atoms with Crippen molar-refractivity contribution in [2.45, 2.75) is 83.3 Å². The number of fused-ring (bicyclic) bond motifs is 5. The smallest absolute Gasteiger partial charge is 0.408 e. The minimum Gasteiger partial charge on any atom is -0.493 e. The van der Waals surface area contributed by atoms with Crippen molar-refractivity contribution in [1.29, 1.82) is 0 Å². The first-order valence-electron chi connectivity index (χ1n) is 15.3. The number of para-hydroxylation sites is 2. The fourth-order valence-corrected chi connectivity index (χ4v) is 7.04. The van der Waals surface area contributed by atoms with Gasteiger partial charge in [-0.2, -0.15) is 0 Å². The zero-order chi connectivity index (χ0) is 30.5. The van der Waals surface area contributed by atoms with Crippen molar-refractivity contribution in [3.8, 4) is 11.5 Å². The molecule has 5 atom stereocenters. The Hall–Kier alpha value is -3.72. The van der Waals surface area contributed by atoms with Crippen LogP contribution in [0.5, 0.6) is 11.5 Å². The molecular formula is C34H43N3O6. The van der Waals surface area contributed by atoms with Gasteiger partial charge in [-0.05, 0) is 65.2 Å². The lowest BCUT2D eigenvalue weighted by Crippen LogP contribution is -2.58. The van der Waals surface area contributed by atoms with Crippen LogP contribution in [0.15, 0.2) is 48.7 Å². The minimum atomic E-state index is -0.767. The van der Waals surface area contributed by atoms with E-state index in [1.807, 2.05) is 68.3 Å². The number of aromatic amines is 1. The van der Waals surface area contributed by atoms with Crippen molar-refractivity contribution in [2.24, 2.45) is 11.8 Å². The van der Waals surface area contributed by atoms with Crippen molar-refractivity contribution in [3.63, 3.8) is 0 Å². The predicted octanol–water partition coefficient (Wildman–Crippen LogP) is 5.78. The number of aromatic nitrogens is 1. The van der Waals surface area contributed by atoms with E-state index in [-0.39, 0.29) is 30.0 Å². The van der Waals surface area contributed by atoms with E-state index < -0.39 is 23.3 Å². The first-order valence-corrected chi connectivity index (χ1v) is 15.3. The van der Waals surface area contributed by atoms with Gasteiger partial charge in [-0.25, -0.2) is 4.79 Å². The van der Waals surface area contributed by atoms with E-state index >= 15 is 0 Å². The van der Waals surface area contributed by atoms with E-state index in [1.165, 1.54) is 0 Å². The normalized spacial score (nSPS) is 25.0. The molecule has 4 heterocycles. The number of piperidine rings is 1. The fourth-order valence-electron chi connectivity index (χ4n) is 7.04. The van der Waals surface area contributed by atoms with Crippen LogP contribution in [0, 0.1) is 11.8 Å². The second-order valence-corrected chi connectivity index (χ2v) is 13.6. The highest BCUT2D eigenvalue weighted by Gasteiger charge is 2.52. The van der Waals surface area contributed by atoms with Gasteiger partial charge in [0.25, 0.3) is 0 Å². The molecule has 3 aliphatic heterocycles. The van der Waals surface area contributed by atoms with E-state index in [0.717, 1.165) is 40.6 Å². The average molecular weight is 590 g/mol. The summed E-state index contributed by atoms with van der Waals surface area (Å²) in [6.07, 6.45) is 3.21. The first-order chi connectivity index (χ1) is 20.4. The van der Waals surface area contributed by atoms with Gasteiger partial charge in [0, 0.05) is 54.0 Å². The van der Waals surface area contributed by atoms with Crippen molar-refractivity contribution in [3.05, 3.63) is 59.8 Å². The number of methoxy groups -OCH3 is 1. The Kier molecular flexibility index (Phi) is 7.57. The van der Waals surface area contributed by atoms with Crippen LogP contribution in [0.4, 0.5) is 4.79 Å². The highest BCUT2D eigenvalue weighted by Crippen LogP contribution is 2.55. The number of alkyl carbamates (subject to hydrolysis) is 1. The summed E-state index contributed by atoms with van der Waals surface area (Å²) in [4.78, 5) is 32.2. The van der Waals surface area contributed by atoms with Crippen LogP contribution < -0.4 is 14.8 Å². The van der Waals surface area contributed by atoms with Crippen molar-refractivity contribution < 1.29 is 28.5 Å². The van der Waals surface area contributed by atoms with Gasteiger partial charge >= 0.3 is 6.09 Å². The molecule has 2 amide bonds. The van der Waals surface area contributed by atoms with E-state index in [0.29, 0.717) is 25.3 Å². The molecular weight excluding hydrogens is 546 g/mol. The van der Waals surface area contributed by atoms with Crippen LogP contribution in [0.1, 0.15) is 64.7 Å². The molecule has 2 aromatic carbocycles. The molecule has 3 aromatic rings. The van der Waals surface area contributed by atoms with Gasteiger partial charge in [0.2, 0.25) is 5.91 Å². The maximum Gasteiger partial charge on any atom is 0.408 e. The molecule has 230 valence electrons. The highest BCUT2D eigenvalue weighted by molar-refractivity contribution is 5.88. The number of hydrogen-bond donors (Lipinski definition) is 2. The maximum absolute atomic E-state index is 14.1. The zero-order valence-electron chi connectivity index (χ0n) is 25.9. The van der Waals surface area contributed by atoms with Crippen molar-refractivity contribution in [1.82, 2.24) is 15.2 Å². The minimum absolute atomic E-state index is 0.0316. The Bertz CT molecular complexity index is 1510. The molecule has 0 radical (unpaired) electrons. The van der Waals surface area contributed by atoms with Crippen LogP contribution >= 0.6 is 0 Å². The summed E-state index contributed by atoms with van der Waals surface area (Å²) in [5.41, 5.74) is 1.84. The predicted molar refractivity (Wildman–Crippen MR) is 163 cm³/mol. The van der Waals surface area contributed by atoms with Gasteiger partial charge in [-0.1, -0.05) is 30.3 Å². The maximum atomic E-state index is 14.1. The van der Waals surface area contributed by atoms with Gasteiger partial charge in [-0.15, -0.1) is 0 Å². The lowest BCUT2D eigenvalue weighted by molar-refractivity contribution is -0.189. The van der Waals surface area contributed by atoms with Crippen molar-refractivity contribution >= 4 is 22.9 Å². The molecule has 0 aliphatic carbocycles. The molecule has 1 aromatic heterocycles. The molecule has 0 spiro atoms. The second-order valence-electron chi connectivity index (χ2n) is 13.6. The number of ether oxygens (including phenoxy) is 4. The molecule has 2 N–H and O–H groups in total. The molecule has 43 heavy (non-hydrogen) atoms. The number of rotatable bonds is 5. The fraction of sp³-hybridized carbons (Fsp3) is 0.529. The number of likely N-dealkylation sites (tertiary alicyclic amines) is 1. The van der Waals surface area contributed by atoms with Crippen LogP contribution in [0.3, 0.4) is 0 Å². The molecule has 3 aliphatic rings. The first kappa shape index (κ1) is 29.4. The Labute approximate surface area is 253 Å². The third-order valence-electron chi connectivity index (χ3n) is 9.10. The van der Waals surface area contributed by atoms with Crippen LogP contribution in [-0.4, -0.2) is 65.4 Å². The molecule has 2 saturated heterocycles. The van der Waals surface area contributed by atoms with E-state index in [4.69, 9.17) is 18.9 Å². The van der Waals surface area contributed by atoms with Gasteiger partial charge < -0.3 is 34.1 Å². The van der Waals surface area contributed by atoms with Crippen LogP contribution in [0.25, 0.3) is 10.9 Å². The molecule has 2 fully saturated rings.